The molecule has 2 aromatic carbocycles. The molecule has 1 atom stereocenters. The highest BCUT2D eigenvalue weighted by atomic mass is 16.5. The molecule has 5 rings (SSSR count). The van der Waals surface area contributed by atoms with Gasteiger partial charge >= 0.3 is 0 Å². The zero-order valence-electron chi connectivity index (χ0n) is 13.9. The van der Waals surface area contributed by atoms with Gasteiger partial charge in [0.2, 0.25) is 0 Å². The normalized spacial score (nSPS) is 18.5. The number of ether oxygens (including phenoxy) is 1. The van der Waals surface area contributed by atoms with Crippen LogP contribution in [0.25, 0.3) is 11.3 Å². The van der Waals surface area contributed by atoms with Crippen molar-refractivity contribution in [3.05, 3.63) is 78.8 Å². The molecule has 0 saturated heterocycles. The highest BCUT2D eigenvalue weighted by molar-refractivity contribution is 5.59. The van der Waals surface area contributed by atoms with Gasteiger partial charge in [0.25, 0.3) is 6.01 Å². The van der Waals surface area contributed by atoms with Crippen LogP contribution >= 0.6 is 0 Å². The third-order valence-corrected chi connectivity index (χ3v) is 4.63. The maximum atomic E-state index is 6.39. The molecule has 7 heteroatoms. The van der Waals surface area contributed by atoms with Crippen LogP contribution < -0.4 is 4.74 Å². The zero-order valence-corrected chi connectivity index (χ0v) is 13.9. The van der Waals surface area contributed by atoms with Crippen LogP contribution in [0.5, 0.6) is 6.01 Å². The van der Waals surface area contributed by atoms with Gasteiger partial charge in [-0.25, -0.2) is 4.68 Å². The molecule has 3 heterocycles. The molecular weight excluding hydrogens is 328 g/mol. The van der Waals surface area contributed by atoms with Crippen molar-refractivity contribution in [3.8, 4) is 17.3 Å². The van der Waals surface area contributed by atoms with E-state index in [0.717, 1.165) is 16.8 Å². The lowest BCUT2D eigenvalue weighted by Gasteiger charge is -2.27. The molecular formula is C19H16N6O. The second kappa shape index (κ2) is 5.80. The lowest BCUT2D eigenvalue weighted by Crippen LogP contribution is -2.37. The van der Waals surface area contributed by atoms with Crippen LogP contribution in [0.15, 0.2) is 73.2 Å². The van der Waals surface area contributed by atoms with Gasteiger partial charge in [-0.1, -0.05) is 60.7 Å². The Balaban J connectivity index is 1.52. The van der Waals surface area contributed by atoms with Crippen molar-refractivity contribution in [1.82, 2.24) is 29.8 Å². The smallest absolute Gasteiger partial charge is 0.298 e. The fourth-order valence-corrected chi connectivity index (χ4v) is 3.40. The van der Waals surface area contributed by atoms with Crippen LogP contribution in [0.1, 0.15) is 5.56 Å². The molecule has 0 N–H and O–H groups in total. The van der Waals surface area contributed by atoms with E-state index in [1.54, 1.807) is 11.0 Å². The van der Waals surface area contributed by atoms with Crippen LogP contribution in [-0.4, -0.2) is 29.8 Å². The standard InChI is InChI=1S/C19H16N6O/c1-3-7-15(8-4-1)17-11-24-12-19(26-18(24)21-17,13-25-14-20-22-23-25)16-9-5-2-6-10-16/h1-11,14H,12-13H2. The molecule has 0 fully saturated rings. The van der Waals surface area contributed by atoms with E-state index in [4.69, 9.17) is 9.72 Å². The summed E-state index contributed by atoms with van der Waals surface area (Å²) in [6, 6.07) is 20.9. The first-order valence-electron chi connectivity index (χ1n) is 8.40. The number of hydrogen-bond donors (Lipinski definition) is 0. The number of benzene rings is 2. The van der Waals surface area contributed by atoms with E-state index in [9.17, 15) is 0 Å². The fourth-order valence-electron chi connectivity index (χ4n) is 3.40. The van der Waals surface area contributed by atoms with E-state index >= 15 is 0 Å². The number of aromatic nitrogens is 6. The molecule has 1 unspecified atom stereocenters. The van der Waals surface area contributed by atoms with Gasteiger partial charge in [0, 0.05) is 11.8 Å². The number of hydrogen-bond acceptors (Lipinski definition) is 5. The van der Waals surface area contributed by atoms with Crippen LogP contribution in [-0.2, 0) is 18.7 Å². The van der Waals surface area contributed by atoms with Crippen LogP contribution in [0.2, 0.25) is 0 Å². The van der Waals surface area contributed by atoms with E-state index in [1.807, 2.05) is 54.7 Å². The lowest BCUT2D eigenvalue weighted by atomic mass is 9.93. The zero-order chi connectivity index (χ0) is 17.4. The number of tetrazole rings is 1. The summed E-state index contributed by atoms with van der Waals surface area (Å²) in [5.74, 6) is 0. The molecule has 1 aliphatic rings. The Hall–Kier alpha value is -3.48. The average molecular weight is 344 g/mol. The summed E-state index contributed by atoms with van der Waals surface area (Å²) >= 11 is 0. The summed E-state index contributed by atoms with van der Waals surface area (Å²) in [5, 5.41) is 11.5. The van der Waals surface area contributed by atoms with Crippen LogP contribution in [0, 0.1) is 0 Å². The van der Waals surface area contributed by atoms with Gasteiger partial charge in [-0.15, -0.1) is 5.10 Å². The maximum Gasteiger partial charge on any atom is 0.298 e. The Bertz CT molecular complexity index is 987. The fraction of sp³-hybridized carbons (Fsp3) is 0.158. The average Bonchev–Trinajstić information content (AvgIpc) is 3.39. The molecule has 0 aliphatic carbocycles. The third-order valence-electron chi connectivity index (χ3n) is 4.63. The Morgan fingerprint density at radius 3 is 2.46 bits per heavy atom. The number of nitrogens with zero attached hydrogens (tertiary/aromatic N) is 6. The van der Waals surface area contributed by atoms with Crippen molar-refractivity contribution in [2.24, 2.45) is 0 Å². The van der Waals surface area contributed by atoms with Crippen molar-refractivity contribution in [3.63, 3.8) is 0 Å². The topological polar surface area (TPSA) is 70.7 Å². The number of rotatable bonds is 4. The van der Waals surface area contributed by atoms with Gasteiger partial charge in [0.1, 0.15) is 6.33 Å². The van der Waals surface area contributed by atoms with Crippen molar-refractivity contribution in [2.75, 3.05) is 0 Å². The molecule has 0 amide bonds. The summed E-state index contributed by atoms with van der Waals surface area (Å²) in [5.41, 5.74) is 2.46. The molecule has 1 aliphatic heterocycles. The Kier molecular flexibility index (Phi) is 3.31. The SMILES string of the molecule is c1ccc(-c2cn3c(n2)OC(Cn2cnnn2)(c2ccccc2)C3)cc1. The highest BCUT2D eigenvalue weighted by Gasteiger charge is 2.43. The molecule has 4 aromatic rings. The predicted octanol–water partition coefficient (Wildman–Crippen LogP) is 2.52. The van der Waals surface area contributed by atoms with Gasteiger partial charge in [0.15, 0.2) is 5.60 Å². The first-order chi connectivity index (χ1) is 12.8. The minimum atomic E-state index is -0.589. The largest absolute Gasteiger partial charge is 0.449 e. The summed E-state index contributed by atoms with van der Waals surface area (Å²) < 4.78 is 10.1. The minimum Gasteiger partial charge on any atom is -0.449 e. The number of fused-ring (bicyclic) bond motifs is 1. The predicted molar refractivity (Wildman–Crippen MR) is 94.2 cm³/mol. The first kappa shape index (κ1) is 14.8. The lowest BCUT2D eigenvalue weighted by molar-refractivity contribution is 0.0607. The molecule has 0 bridgehead atoms. The van der Waals surface area contributed by atoms with Crippen molar-refractivity contribution in [1.29, 1.82) is 0 Å². The van der Waals surface area contributed by atoms with Crippen molar-refractivity contribution in [2.45, 2.75) is 18.7 Å². The molecule has 26 heavy (non-hydrogen) atoms. The van der Waals surface area contributed by atoms with E-state index in [1.165, 1.54) is 0 Å². The second-order valence-electron chi connectivity index (χ2n) is 6.37. The quantitative estimate of drug-likeness (QED) is 0.569. The molecule has 0 spiro atoms. The van der Waals surface area contributed by atoms with E-state index in [0.29, 0.717) is 19.1 Å². The minimum absolute atomic E-state index is 0.508. The van der Waals surface area contributed by atoms with Crippen molar-refractivity contribution < 1.29 is 4.74 Å². The Morgan fingerprint density at radius 1 is 1.00 bits per heavy atom. The molecule has 7 nitrogen and oxygen atoms in total. The molecule has 128 valence electrons. The van der Waals surface area contributed by atoms with Gasteiger partial charge in [-0.3, -0.25) is 4.57 Å². The summed E-state index contributed by atoms with van der Waals surface area (Å²) in [6.07, 6.45) is 3.64. The monoisotopic (exact) mass is 344 g/mol. The van der Waals surface area contributed by atoms with Crippen LogP contribution in [0.3, 0.4) is 0 Å². The van der Waals surface area contributed by atoms with Crippen LogP contribution in [0.4, 0.5) is 0 Å². The second-order valence-corrected chi connectivity index (χ2v) is 6.37. The third kappa shape index (κ3) is 2.45. The van der Waals surface area contributed by atoms with Gasteiger partial charge in [-0.2, -0.15) is 4.98 Å². The maximum absolute atomic E-state index is 6.39. The Labute approximate surface area is 149 Å². The molecule has 0 radical (unpaired) electrons. The Morgan fingerprint density at radius 2 is 1.77 bits per heavy atom. The molecule has 0 saturated carbocycles. The van der Waals surface area contributed by atoms with Gasteiger partial charge < -0.3 is 4.74 Å². The van der Waals surface area contributed by atoms with E-state index in [2.05, 4.69) is 32.2 Å². The van der Waals surface area contributed by atoms with Crippen molar-refractivity contribution >= 4 is 0 Å². The molecule has 2 aromatic heterocycles. The summed E-state index contributed by atoms with van der Waals surface area (Å²) in [6.45, 7) is 1.15. The highest BCUT2D eigenvalue weighted by Crippen LogP contribution is 2.39. The summed E-state index contributed by atoms with van der Waals surface area (Å²) in [7, 11) is 0. The summed E-state index contributed by atoms with van der Waals surface area (Å²) in [4.78, 5) is 4.69. The first-order valence-corrected chi connectivity index (χ1v) is 8.40. The van der Waals surface area contributed by atoms with E-state index in [-0.39, 0.29) is 0 Å². The van der Waals surface area contributed by atoms with Gasteiger partial charge in [-0.05, 0) is 16.0 Å². The number of imidazole rings is 1. The van der Waals surface area contributed by atoms with E-state index < -0.39 is 5.60 Å². The van der Waals surface area contributed by atoms with Gasteiger partial charge in [0.05, 0.1) is 18.8 Å².